The monoisotopic (exact) mass is 416 g/mol. The third-order valence-electron chi connectivity index (χ3n) is 4.35. The predicted molar refractivity (Wildman–Crippen MR) is 93.8 cm³/mol. The Balaban J connectivity index is 1.78. The van der Waals surface area contributed by atoms with Crippen molar-refractivity contribution in [3.8, 4) is 0 Å². The van der Waals surface area contributed by atoms with Crippen LogP contribution in [0.4, 0.5) is 23.2 Å². The summed E-state index contributed by atoms with van der Waals surface area (Å²) < 4.78 is 78.3. The summed E-state index contributed by atoms with van der Waals surface area (Å²) in [6.45, 7) is 0.880. The molecule has 3 rings (SSSR count). The van der Waals surface area contributed by atoms with Crippen molar-refractivity contribution in [2.75, 3.05) is 18.4 Å². The van der Waals surface area contributed by atoms with Crippen molar-refractivity contribution in [3.05, 3.63) is 59.4 Å². The second kappa shape index (κ2) is 7.51. The Hall–Kier alpha value is -2.46. The Morgan fingerprint density at radius 1 is 1.00 bits per heavy atom. The van der Waals surface area contributed by atoms with E-state index in [0.29, 0.717) is 31.3 Å². The first-order valence-corrected chi connectivity index (χ1v) is 9.81. The maximum absolute atomic E-state index is 13.8. The Morgan fingerprint density at radius 2 is 1.61 bits per heavy atom. The highest BCUT2D eigenvalue weighted by molar-refractivity contribution is 7.89. The van der Waals surface area contributed by atoms with Gasteiger partial charge in [0.2, 0.25) is 10.0 Å². The summed E-state index contributed by atoms with van der Waals surface area (Å²) in [5.41, 5.74) is -1.78. The molecule has 0 aromatic heterocycles. The number of amides is 1. The van der Waals surface area contributed by atoms with Crippen molar-refractivity contribution < 1.29 is 30.8 Å². The lowest BCUT2D eigenvalue weighted by Crippen LogP contribution is -2.27. The van der Waals surface area contributed by atoms with E-state index in [1.807, 2.05) is 0 Å². The average molecular weight is 416 g/mol. The van der Waals surface area contributed by atoms with Gasteiger partial charge in [0.05, 0.1) is 16.0 Å². The molecule has 0 bridgehead atoms. The van der Waals surface area contributed by atoms with Crippen LogP contribution in [0.25, 0.3) is 0 Å². The van der Waals surface area contributed by atoms with Crippen molar-refractivity contribution in [1.29, 1.82) is 0 Å². The standard InChI is InChI=1S/C18H16F4N2O3S/c19-16-8-3-12(18(20,21)22)11-15(16)17(25)23-13-4-6-14(7-5-13)28(26,27)24-9-1-2-10-24/h3-8,11H,1-2,9-10H2,(H,23,25). The van der Waals surface area contributed by atoms with Crippen molar-refractivity contribution in [1.82, 2.24) is 4.31 Å². The van der Waals surface area contributed by atoms with E-state index in [1.165, 1.54) is 28.6 Å². The van der Waals surface area contributed by atoms with E-state index in [2.05, 4.69) is 5.32 Å². The molecule has 0 unspecified atom stereocenters. The highest BCUT2D eigenvalue weighted by atomic mass is 32.2. The molecule has 1 N–H and O–H groups in total. The first kappa shape index (κ1) is 20.3. The number of hydrogen-bond donors (Lipinski definition) is 1. The van der Waals surface area contributed by atoms with Gasteiger partial charge in [0.1, 0.15) is 5.82 Å². The van der Waals surface area contributed by atoms with E-state index < -0.39 is 39.1 Å². The lowest BCUT2D eigenvalue weighted by Gasteiger charge is -2.15. The van der Waals surface area contributed by atoms with E-state index in [-0.39, 0.29) is 10.6 Å². The number of hydrogen-bond acceptors (Lipinski definition) is 3. The largest absolute Gasteiger partial charge is 0.416 e. The lowest BCUT2D eigenvalue weighted by atomic mass is 10.1. The highest BCUT2D eigenvalue weighted by Crippen LogP contribution is 2.30. The van der Waals surface area contributed by atoms with Gasteiger partial charge in [-0.15, -0.1) is 0 Å². The molecular weight excluding hydrogens is 400 g/mol. The quantitative estimate of drug-likeness (QED) is 0.770. The molecule has 1 fully saturated rings. The summed E-state index contributed by atoms with van der Waals surface area (Å²) in [6, 6.07) is 6.71. The second-order valence-electron chi connectivity index (χ2n) is 6.28. The number of halogens is 4. The van der Waals surface area contributed by atoms with E-state index in [4.69, 9.17) is 0 Å². The molecule has 10 heteroatoms. The molecule has 0 radical (unpaired) electrons. The molecular formula is C18H16F4N2O3S. The first-order chi connectivity index (χ1) is 13.1. The van der Waals surface area contributed by atoms with E-state index in [1.54, 1.807) is 0 Å². The smallest absolute Gasteiger partial charge is 0.322 e. The normalized spacial score (nSPS) is 15.6. The third-order valence-corrected chi connectivity index (χ3v) is 6.27. The van der Waals surface area contributed by atoms with Crippen LogP contribution in [-0.4, -0.2) is 31.7 Å². The van der Waals surface area contributed by atoms with Crippen molar-refractivity contribution >= 4 is 21.6 Å². The fraction of sp³-hybridized carbons (Fsp3) is 0.278. The van der Waals surface area contributed by atoms with Gasteiger partial charge in [-0.2, -0.15) is 17.5 Å². The minimum atomic E-state index is -4.71. The minimum absolute atomic E-state index is 0.0395. The summed E-state index contributed by atoms with van der Waals surface area (Å²) >= 11 is 0. The van der Waals surface area contributed by atoms with Crippen LogP contribution in [0.15, 0.2) is 47.4 Å². The predicted octanol–water partition coefficient (Wildman–Crippen LogP) is 3.88. The Labute approximate surface area is 159 Å². The molecule has 28 heavy (non-hydrogen) atoms. The maximum atomic E-state index is 13.8. The molecule has 2 aromatic rings. The number of nitrogens with one attached hydrogen (secondary N) is 1. The van der Waals surface area contributed by atoms with Gasteiger partial charge < -0.3 is 5.32 Å². The number of carbonyl (C=O) groups is 1. The number of nitrogens with zero attached hydrogens (tertiary/aromatic N) is 1. The molecule has 0 spiro atoms. The molecule has 1 amide bonds. The van der Waals surface area contributed by atoms with Crippen LogP contribution in [0, 0.1) is 5.82 Å². The SMILES string of the molecule is O=C(Nc1ccc(S(=O)(=O)N2CCCC2)cc1)c1cc(C(F)(F)F)ccc1F. The number of sulfonamides is 1. The summed E-state index contributed by atoms with van der Waals surface area (Å²) in [4.78, 5) is 12.2. The Morgan fingerprint density at radius 3 is 2.18 bits per heavy atom. The fourth-order valence-electron chi connectivity index (χ4n) is 2.86. The van der Waals surface area contributed by atoms with Gasteiger partial charge in [0.15, 0.2) is 0 Å². The Bertz CT molecular complexity index is 983. The van der Waals surface area contributed by atoms with Crippen LogP contribution in [0.2, 0.25) is 0 Å². The summed E-state index contributed by atoms with van der Waals surface area (Å²) in [5, 5.41) is 2.27. The van der Waals surface area contributed by atoms with Crippen molar-refractivity contribution in [3.63, 3.8) is 0 Å². The molecule has 150 valence electrons. The zero-order chi connectivity index (χ0) is 20.5. The average Bonchev–Trinajstić information content (AvgIpc) is 3.17. The van der Waals surface area contributed by atoms with E-state index in [9.17, 15) is 30.8 Å². The van der Waals surface area contributed by atoms with Crippen molar-refractivity contribution in [2.45, 2.75) is 23.9 Å². The molecule has 5 nitrogen and oxygen atoms in total. The van der Waals surface area contributed by atoms with Crippen LogP contribution < -0.4 is 5.32 Å². The molecule has 1 aliphatic heterocycles. The van der Waals surface area contributed by atoms with Gasteiger partial charge in [-0.25, -0.2) is 12.8 Å². The summed E-state index contributed by atoms with van der Waals surface area (Å²) in [6.07, 6.45) is -3.14. The number of anilines is 1. The van der Waals surface area contributed by atoms with Crippen molar-refractivity contribution in [2.24, 2.45) is 0 Å². The summed E-state index contributed by atoms with van der Waals surface area (Å²) in [5.74, 6) is -2.17. The molecule has 2 aromatic carbocycles. The molecule has 0 saturated carbocycles. The van der Waals surface area contributed by atoms with Crippen LogP contribution in [0.5, 0.6) is 0 Å². The first-order valence-electron chi connectivity index (χ1n) is 8.37. The number of benzene rings is 2. The highest BCUT2D eigenvalue weighted by Gasteiger charge is 2.32. The van der Waals surface area contributed by atoms with Gasteiger partial charge in [0, 0.05) is 18.8 Å². The summed E-state index contributed by atoms with van der Waals surface area (Å²) in [7, 11) is -3.63. The molecule has 0 aliphatic carbocycles. The minimum Gasteiger partial charge on any atom is -0.322 e. The van der Waals surface area contributed by atoms with E-state index in [0.717, 1.165) is 12.8 Å². The van der Waals surface area contributed by atoms with Crippen LogP contribution in [-0.2, 0) is 16.2 Å². The zero-order valence-corrected chi connectivity index (χ0v) is 15.3. The van der Waals surface area contributed by atoms with Crippen LogP contribution in [0.1, 0.15) is 28.8 Å². The lowest BCUT2D eigenvalue weighted by molar-refractivity contribution is -0.137. The van der Waals surface area contributed by atoms with Gasteiger partial charge in [0.25, 0.3) is 5.91 Å². The van der Waals surface area contributed by atoms with Crippen LogP contribution in [0.3, 0.4) is 0 Å². The van der Waals surface area contributed by atoms with E-state index >= 15 is 0 Å². The maximum Gasteiger partial charge on any atom is 0.416 e. The third kappa shape index (κ3) is 4.17. The van der Waals surface area contributed by atoms with Gasteiger partial charge in [-0.1, -0.05) is 0 Å². The van der Waals surface area contributed by atoms with Gasteiger partial charge >= 0.3 is 6.18 Å². The number of rotatable bonds is 4. The number of carbonyl (C=O) groups excluding carboxylic acids is 1. The fourth-order valence-corrected chi connectivity index (χ4v) is 4.38. The molecule has 1 heterocycles. The zero-order valence-electron chi connectivity index (χ0n) is 14.5. The van der Waals surface area contributed by atoms with Gasteiger partial charge in [-0.3, -0.25) is 4.79 Å². The number of alkyl halides is 3. The Kier molecular flexibility index (Phi) is 5.44. The second-order valence-corrected chi connectivity index (χ2v) is 8.22. The topological polar surface area (TPSA) is 66.5 Å². The molecule has 0 atom stereocenters. The van der Waals surface area contributed by atoms with Crippen LogP contribution >= 0.6 is 0 Å². The van der Waals surface area contributed by atoms with Gasteiger partial charge in [-0.05, 0) is 55.3 Å². The molecule has 1 saturated heterocycles. The molecule has 1 aliphatic rings.